The number of benzene rings is 3. The van der Waals surface area contributed by atoms with Gasteiger partial charge in [0.25, 0.3) is 0 Å². The van der Waals surface area contributed by atoms with Gasteiger partial charge in [-0.1, -0.05) is 72.8 Å². The summed E-state index contributed by atoms with van der Waals surface area (Å²) in [5, 5.41) is 0. The minimum Gasteiger partial charge on any atom is -0.399 e. The number of hydrogen-bond donors (Lipinski definition) is 1. The minimum atomic E-state index is 0.782. The maximum atomic E-state index is 5.88. The predicted molar refractivity (Wildman–Crippen MR) is 90.7 cm³/mol. The summed E-state index contributed by atoms with van der Waals surface area (Å²) in [4.78, 5) is 0. The Hall–Kier alpha value is -2.80. The van der Waals surface area contributed by atoms with Crippen molar-refractivity contribution in [3.05, 3.63) is 102 Å². The molecule has 0 bridgehead atoms. The van der Waals surface area contributed by atoms with E-state index in [1.165, 1.54) is 16.7 Å². The first kappa shape index (κ1) is 13.2. The SMILES string of the molecule is Nc1cccc(C=C(c2ccccc2)c2ccccc2)c1. The molecule has 3 aromatic rings. The van der Waals surface area contributed by atoms with Crippen molar-refractivity contribution in [3.8, 4) is 0 Å². The lowest BCUT2D eigenvalue weighted by Gasteiger charge is -2.09. The Morgan fingerprint density at radius 2 is 1.24 bits per heavy atom. The summed E-state index contributed by atoms with van der Waals surface area (Å²) in [6, 6.07) is 28.8. The molecule has 3 rings (SSSR count). The molecular weight excluding hydrogens is 254 g/mol. The van der Waals surface area contributed by atoms with E-state index in [2.05, 4.69) is 60.7 Å². The van der Waals surface area contributed by atoms with E-state index in [0.717, 1.165) is 11.3 Å². The topological polar surface area (TPSA) is 26.0 Å². The number of hydrogen-bond acceptors (Lipinski definition) is 1. The molecule has 102 valence electrons. The molecule has 1 nitrogen and oxygen atoms in total. The fourth-order valence-electron chi connectivity index (χ4n) is 2.38. The Kier molecular flexibility index (Phi) is 3.83. The first-order chi connectivity index (χ1) is 10.3. The quantitative estimate of drug-likeness (QED) is 0.534. The van der Waals surface area contributed by atoms with Gasteiger partial charge in [0.1, 0.15) is 0 Å². The Morgan fingerprint density at radius 3 is 1.76 bits per heavy atom. The lowest BCUT2D eigenvalue weighted by Crippen LogP contribution is -1.89. The van der Waals surface area contributed by atoms with E-state index < -0.39 is 0 Å². The van der Waals surface area contributed by atoms with Crippen molar-refractivity contribution in [1.29, 1.82) is 0 Å². The zero-order valence-corrected chi connectivity index (χ0v) is 11.7. The molecule has 21 heavy (non-hydrogen) atoms. The van der Waals surface area contributed by atoms with Crippen LogP contribution in [0.2, 0.25) is 0 Å². The van der Waals surface area contributed by atoms with Crippen LogP contribution in [0.1, 0.15) is 16.7 Å². The van der Waals surface area contributed by atoms with Crippen LogP contribution in [-0.2, 0) is 0 Å². The molecule has 0 unspecified atom stereocenters. The molecule has 3 aromatic carbocycles. The minimum absolute atomic E-state index is 0.782. The number of nitrogens with two attached hydrogens (primary N) is 1. The van der Waals surface area contributed by atoms with Crippen LogP contribution in [0.5, 0.6) is 0 Å². The van der Waals surface area contributed by atoms with E-state index in [9.17, 15) is 0 Å². The highest BCUT2D eigenvalue weighted by molar-refractivity contribution is 5.91. The van der Waals surface area contributed by atoms with Crippen molar-refractivity contribution >= 4 is 17.3 Å². The highest BCUT2D eigenvalue weighted by Gasteiger charge is 2.04. The van der Waals surface area contributed by atoms with E-state index >= 15 is 0 Å². The first-order valence-corrected chi connectivity index (χ1v) is 7.01. The molecule has 0 saturated heterocycles. The van der Waals surface area contributed by atoms with Crippen molar-refractivity contribution in [2.24, 2.45) is 0 Å². The molecule has 0 aromatic heterocycles. The summed E-state index contributed by atoms with van der Waals surface area (Å²) < 4.78 is 0. The third-order valence-corrected chi connectivity index (χ3v) is 3.39. The van der Waals surface area contributed by atoms with Crippen LogP contribution in [0, 0.1) is 0 Å². The highest BCUT2D eigenvalue weighted by atomic mass is 14.5. The van der Waals surface area contributed by atoms with Gasteiger partial charge >= 0.3 is 0 Å². The van der Waals surface area contributed by atoms with Crippen molar-refractivity contribution in [3.63, 3.8) is 0 Å². The molecule has 0 amide bonds. The lowest BCUT2D eigenvalue weighted by atomic mass is 9.96. The van der Waals surface area contributed by atoms with Crippen LogP contribution in [0.15, 0.2) is 84.9 Å². The van der Waals surface area contributed by atoms with Crippen molar-refractivity contribution in [2.75, 3.05) is 5.73 Å². The van der Waals surface area contributed by atoms with Gasteiger partial charge in [-0.05, 0) is 40.5 Å². The Balaban J connectivity index is 2.13. The van der Waals surface area contributed by atoms with Crippen LogP contribution < -0.4 is 5.73 Å². The van der Waals surface area contributed by atoms with Crippen LogP contribution in [-0.4, -0.2) is 0 Å². The predicted octanol–water partition coefficient (Wildman–Crippen LogP) is 4.86. The van der Waals surface area contributed by atoms with Crippen molar-refractivity contribution in [2.45, 2.75) is 0 Å². The fraction of sp³-hybridized carbons (Fsp3) is 0. The van der Waals surface area contributed by atoms with Gasteiger partial charge in [0.2, 0.25) is 0 Å². The van der Waals surface area contributed by atoms with Crippen LogP contribution >= 0.6 is 0 Å². The fourth-order valence-corrected chi connectivity index (χ4v) is 2.38. The molecule has 2 N–H and O–H groups in total. The molecule has 0 aliphatic rings. The Bertz CT molecular complexity index is 702. The van der Waals surface area contributed by atoms with Gasteiger partial charge in [-0.3, -0.25) is 0 Å². The molecule has 0 saturated carbocycles. The highest BCUT2D eigenvalue weighted by Crippen LogP contribution is 2.26. The zero-order chi connectivity index (χ0) is 14.5. The second-order valence-corrected chi connectivity index (χ2v) is 4.96. The van der Waals surface area contributed by atoms with Crippen LogP contribution in [0.3, 0.4) is 0 Å². The summed E-state index contributed by atoms with van der Waals surface area (Å²) in [7, 11) is 0. The van der Waals surface area contributed by atoms with E-state index in [4.69, 9.17) is 5.73 Å². The molecule has 0 fully saturated rings. The van der Waals surface area contributed by atoms with Crippen molar-refractivity contribution < 1.29 is 0 Å². The number of rotatable bonds is 3. The molecule has 0 spiro atoms. The maximum absolute atomic E-state index is 5.88. The van der Waals surface area contributed by atoms with Gasteiger partial charge in [0.05, 0.1) is 0 Å². The molecule has 0 heterocycles. The number of anilines is 1. The van der Waals surface area contributed by atoms with E-state index in [-0.39, 0.29) is 0 Å². The second kappa shape index (κ2) is 6.10. The van der Waals surface area contributed by atoms with Gasteiger partial charge in [-0.15, -0.1) is 0 Å². The zero-order valence-electron chi connectivity index (χ0n) is 11.7. The van der Waals surface area contributed by atoms with Gasteiger partial charge < -0.3 is 5.73 Å². The van der Waals surface area contributed by atoms with Gasteiger partial charge in [-0.2, -0.15) is 0 Å². The summed E-state index contributed by atoms with van der Waals surface area (Å²) in [6.45, 7) is 0. The Morgan fingerprint density at radius 1 is 0.667 bits per heavy atom. The molecule has 0 atom stereocenters. The molecule has 1 heteroatoms. The van der Waals surface area contributed by atoms with Gasteiger partial charge in [0, 0.05) is 5.69 Å². The normalized spacial score (nSPS) is 10.1. The maximum Gasteiger partial charge on any atom is 0.0319 e. The van der Waals surface area contributed by atoms with E-state index in [1.807, 2.05) is 30.3 Å². The summed E-state index contributed by atoms with van der Waals surface area (Å²) in [5.74, 6) is 0. The Labute approximate surface area is 125 Å². The van der Waals surface area contributed by atoms with E-state index in [1.54, 1.807) is 0 Å². The number of nitrogen functional groups attached to an aromatic ring is 1. The third-order valence-electron chi connectivity index (χ3n) is 3.39. The molecule has 0 radical (unpaired) electrons. The molecular formula is C20H17N. The molecule has 0 aliphatic heterocycles. The summed E-state index contributed by atoms with van der Waals surface area (Å²) in [6.07, 6.45) is 2.18. The lowest BCUT2D eigenvalue weighted by molar-refractivity contribution is 1.55. The van der Waals surface area contributed by atoms with Crippen LogP contribution in [0.25, 0.3) is 11.6 Å². The van der Waals surface area contributed by atoms with Gasteiger partial charge in [-0.25, -0.2) is 0 Å². The smallest absolute Gasteiger partial charge is 0.0319 e. The first-order valence-electron chi connectivity index (χ1n) is 7.01. The molecule has 0 aliphatic carbocycles. The average molecular weight is 271 g/mol. The van der Waals surface area contributed by atoms with Crippen molar-refractivity contribution in [1.82, 2.24) is 0 Å². The van der Waals surface area contributed by atoms with Gasteiger partial charge in [0.15, 0.2) is 0 Å². The van der Waals surface area contributed by atoms with Crippen LogP contribution in [0.4, 0.5) is 5.69 Å². The third kappa shape index (κ3) is 3.21. The summed E-state index contributed by atoms with van der Waals surface area (Å²) >= 11 is 0. The second-order valence-electron chi connectivity index (χ2n) is 4.96. The summed E-state index contributed by atoms with van der Waals surface area (Å²) in [5.41, 5.74) is 11.4. The monoisotopic (exact) mass is 271 g/mol. The standard InChI is InChI=1S/C20H17N/c21-19-13-7-8-16(14-19)15-20(17-9-3-1-4-10-17)18-11-5-2-6-12-18/h1-15H,21H2. The largest absolute Gasteiger partial charge is 0.399 e. The van der Waals surface area contributed by atoms with E-state index in [0.29, 0.717) is 0 Å². The average Bonchev–Trinajstić information content (AvgIpc) is 2.54.